The highest BCUT2D eigenvalue weighted by Crippen LogP contribution is 2.36. The van der Waals surface area contributed by atoms with Gasteiger partial charge >= 0.3 is 5.97 Å². The molecule has 8 heteroatoms. The highest BCUT2D eigenvalue weighted by atomic mass is 32.2. The maximum atomic E-state index is 12.0. The number of methoxy groups -OCH3 is 1. The predicted molar refractivity (Wildman–Crippen MR) is 75.5 cm³/mol. The number of thioether (sulfide) groups is 1. The normalized spacial score (nSPS) is 17.8. The van der Waals surface area contributed by atoms with Gasteiger partial charge < -0.3 is 10.1 Å². The van der Waals surface area contributed by atoms with Gasteiger partial charge in [-0.25, -0.2) is 4.68 Å². The van der Waals surface area contributed by atoms with E-state index in [2.05, 4.69) is 27.8 Å². The van der Waals surface area contributed by atoms with Gasteiger partial charge in [-0.05, 0) is 43.2 Å². The molecule has 112 valence electrons. The second kappa shape index (κ2) is 6.53. The fourth-order valence-corrected chi connectivity index (χ4v) is 2.90. The number of nitrogens with zero attached hydrogens (tertiary/aromatic N) is 4. The Balaban J connectivity index is 2.00. The summed E-state index contributed by atoms with van der Waals surface area (Å²) in [7, 11) is 1.41. The Morgan fingerprint density at radius 3 is 2.95 bits per heavy atom. The summed E-state index contributed by atoms with van der Waals surface area (Å²) in [6.07, 6.45) is 3.21. The first-order chi connectivity index (χ1) is 9.60. The summed E-state index contributed by atoms with van der Waals surface area (Å²) in [5.41, 5.74) is -0.726. The molecule has 1 heterocycles. The Hall–Kier alpha value is -1.15. The number of aromatic nitrogens is 4. The van der Waals surface area contributed by atoms with Crippen LogP contribution in [0.3, 0.4) is 0 Å². The van der Waals surface area contributed by atoms with E-state index in [4.69, 9.17) is 4.74 Å². The SMILES string of the molecule is CCCNC(C)(CSc1nnnn1C1CC1)C(=O)OC. The minimum Gasteiger partial charge on any atom is -0.468 e. The summed E-state index contributed by atoms with van der Waals surface area (Å²) in [4.78, 5) is 12.0. The summed E-state index contributed by atoms with van der Waals surface area (Å²) in [6, 6.07) is 0.431. The summed E-state index contributed by atoms with van der Waals surface area (Å²) < 4.78 is 6.75. The molecule has 1 aliphatic rings. The average molecular weight is 299 g/mol. The van der Waals surface area contributed by atoms with Crippen molar-refractivity contribution in [3.63, 3.8) is 0 Å². The van der Waals surface area contributed by atoms with Crippen LogP contribution in [0, 0.1) is 0 Å². The van der Waals surface area contributed by atoms with Crippen molar-refractivity contribution in [1.82, 2.24) is 25.5 Å². The molecule has 1 aliphatic carbocycles. The van der Waals surface area contributed by atoms with Crippen LogP contribution in [0.5, 0.6) is 0 Å². The third kappa shape index (κ3) is 3.49. The lowest BCUT2D eigenvalue weighted by atomic mass is 10.1. The van der Waals surface area contributed by atoms with E-state index in [9.17, 15) is 4.79 Å². The molecule has 0 aromatic carbocycles. The van der Waals surface area contributed by atoms with Crippen LogP contribution in [-0.4, -0.2) is 51.1 Å². The van der Waals surface area contributed by atoms with E-state index < -0.39 is 5.54 Å². The minimum atomic E-state index is -0.726. The van der Waals surface area contributed by atoms with Crippen LogP contribution in [0.1, 0.15) is 39.2 Å². The smallest absolute Gasteiger partial charge is 0.326 e. The van der Waals surface area contributed by atoms with Crippen LogP contribution in [0.2, 0.25) is 0 Å². The van der Waals surface area contributed by atoms with Crippen molar-refractivity contribution in [2.45, 2.75) is 49.8 Å². The van der Waals surface area contributed by atoms with Gasteiger partial charge in [0.15, 0.2) is 0 Å². The van der Waals surface area contributed by atoms with Crippen LogP contribution in [0.4, 0.5) is 0 Å². The summed E-state index contributed by atoms with van der Waals surface area (Å²) in [5.74, 6) is 0.274. The second-order valence-corrected chi connectivity index (χ2v) is 6.12. The van der Waals surface area contributed by atoms with Crippen LogP contribution in [0.25, 0.3) is 0 Å². The van der Waals surface area contributed by atoms with Crippen LogP contribution in [-0.2, 0) is 9.53 Å². The fourth-order valence-electron chi connectivity index (χ4n) is 1.85. The van der Waals surface area contributed by atoms with Gasteiger partial charge in [0, 0.05) is 5.75 Å². The number of tetrazole rings is 1. The Kier molecular flexibility index (Phi) is 4.98. The van der Waals surface area contributed by atoms with Crippen molar-refractivity contribution < 1.29 is 9.53 Å². The molecule has 20 heavy (non-hydrogen) atoms. The van der Waals surface area contributed by atoms with E-state index >= 15 is 0 Å². The molecule has 0 radical (unpaired) electrons. The molecule has 0 aliphatic heterocycles. The standard InChI is InChI=1S/C12H21N5O2S/c1-4-7-13-12(2,10(18)19-3)8-20-11-14-15-16-17(11)9-5-6-9/h9,13H,4-8H2,1-3H3. The number of nitrogens with one attached hydrogen (secondary N) is 1. The molecule has 1 aromatic rings. The zero-order chi connectivity index (χ0) is 14.6. The molecule has 1 atom stereocenters. The first kappa shape index (κ1) is 15.2. The van der Waals surface area contributed by atoms with Gasteiger partial charge in [-0.2, -0.15) is 0 Å². The molecule has 0 saturated heterocycles. The number of esters is 1. The number of carbonyl (C=O) groups excluding carboxylic acids is 1. The molecule has 0 spiro atoms. The topological polar surface area (TPSA) is 81.9 Å². The zero-order valence-corrected chi connectivity index (χ0v) is 12.9. The van der Waals surface area contributed by atoms with E-state index in [1.807, 2.05) is 11.6 Å². The highest BCUT2D eigenvalue weighted by molar-refractivity contribution is 7.99. The Morgan fingerprint density at radius 1 is 1.60 bits per heavy atom. The molecule has 1 N–H and O–H groups in total. The van der Waals surface area contributed by atoms with E-state index in [0.29, 0.717) is 11.8 Å². The Bertz CT molecular complexity index is 462. The third-order valence-electron chi connectivity index (χ3n) is 3.25. The molecule has 0 bridgehead atoms. The molecule has 1 fully saturated rings. The summed E-state index contributed by atoms with van der Waals surface area (Å²) in [6.45, 7) is 4.68. The Labute approximate surface area is 122 Å². The van der Waals surface area contributed by atoms with E-state index in [1.54, 1.807) is 0 Å². The highest BCUT2D eigenvalue weighted by Gasteiger charge is 2.35. The van der Waals surface area contributed by atoms with Crippen molar-refractivity contribution >= 4 is 17.7 Å². The molecule has 2 rings (SSSR count). The maximum Gasteiger partial charge on any atom is 0.326 e. The first-order valence-corrected chi connectivity index (χ1v) is 7.83. The quantitative estimate of drug-likeness (QED) is 0.567. The maximum absolute atomic E-state index is 12.0. The van der Waals surface area contributed by atoms with E-state index in [1.165, 1.54) is 18.9 Å². The lowest BCUT2D eigenvalue weighted by Gasteiger charge is -2.27. The van der Waals surface area contributed by atoms with Crippen molar-refractivity contribution in [1.29, 1.82) is 0 Å². The van der Waals surface area contributed by atoms with Gasteiger partial charge in [0.2, 0.25) is 5.16 Å². The van der Waals surface area contributed by atoms with Gasteiger partial charge in [0.05, 0.1) is 13.2 Å². The van der Waals surface area contributed by atoms with Crippen LogP contribution >= 0.6 is 11.8 Å². The van der Waals surface area contributed by atoms with Gasteiger partial charge in [0.25, 0.3) is 0 Å². The number of ether oxygens (including phenoxy) is 1. The second-order valence-electron chi connectivity index (χ2n) is 5.18. The monoisotopic (exact) mass is 299 g/mol. The molecule has 1 aromatic heterocycles. The Morgan fingerprint density at radius 2 is 2.35 bits per heavy atom. The predicted octanol–water partition coefficient (Wildman–Crippen LogP) is 1.03. The number of hydrogen-bond acceptors (Lipinski definition) is 7. The largest absolute Gasteiger partial charge is 0.468 e. The number of rotatable bonds is 8. The van der Waals surface area contributed by atoms with Crippen LogP contribution in [0.15, 0.2) is 5.16 Å². The third-order valence-corrected chi connectivity index (χ3v) is 4.49. The summed E-state index contributed by atoms with van der Waals surface area (Å²) >= 11 is 1.49. The van der Waals surface area contributed by atoms with E-state index in [0.717, 1.165) is 31.0 Å². The number of carbonyl (C=O) groups is 1. The van der Waals surface area contributed by atoms with Gasteiger partial charge in [-0.1, -0.05) is 18.7 Å². The van der Waals surface area contributed by atoms with Gasteiger partial charge in [-0.15, -0.1) is 5.10 Å². The lowest BCUT2D eigenvalue weighted by Crippen LogP contribution is -2.52. The van der Waals surface area contributed by atoms with Crippen molar-refractivity contribution in [3.8, 4) is 0 Å². The lowest BCUT2D eigenvalue weighted by molar-refractivity contribution is -0.146. The molecule has 7 nitrogen and oxygen atoms in total. The van der Waals surface area contributed by atoms with Gasteiger partial charge in [-0.3, -0.25) is 4.79 Å². The molecule has 1 saturated carbocycles. The molecular weight excluding hydrogens is 278 g/mol. The molecule has 0 amide bonds. The first-order valence-electron chi connectivity index (χ1n) is 6.85. The minimum absolute atomic E-state index is 0.260. The van der Waals surface area contributed by atoms with E-state index in [-0.39, 0.29) is 5.97 Å². The van der Waals surface area contributed by atoms with Gasteiger partial charge in [0.1, 0.15) is 5.54 Å². The zero-order valence-electron chi connectivity index (χ0n) is 12.1. The molecule has 1 unspecified atom stereocenters. The van der Waals surface area contributed by atoms with Crippen LogP contribution < -0.4 is 5.32 Å². The van der Waals surface area contributed by atoms with Crippen molar-refractivity contribution in [3.05, 3.63) is 0 Å². The summed E-state index contributed by atoms with van der Waals surface area (Å²) in [5, 5.41) is 15.8. The number of hydrogen-bond donors (Lipinski definition) is 1. The van der Waals surface area contributed by atoms with Crippen molar-refractivity contribution in [2.24, 2.45) is 0 Å². The fraction of sp³-hybridized carbons (Fsp3) is 0.833. The average Bonchev–Trinajstić information content (AvgIpc) is 3.20. The molecular formula is C12H21N5O2S. The van der Waals surface area contributed by atoms with Crippen molar-refractivity contribution in [2.75, 3.05) is 19.4 Å².